The van der Waals surface area contributed by atoms with E-state index in [9.17, 15) is 4.39 Å². The minimum Gasteiger partial charge on any atom is -0.397 e. The van der Waals surface area contributed by atoms with Crippen LogP contribution in [-0.2, 0) is 0 Å². The Kier molecular flexibility index (Phi) is 5.02. The first-order valence-corrected chi connectivity index (χ1v) is 5.99. The number of benzene rings is 1. The lowest BCUT2D eigenvalue weighted by Crippen LogP contribution is -2.25. The van der Waals surface area contributed by atoms with Gasteiger partial charge in [-0.3, -0.25) is 0 Å². The average molecular weight is 291 g/mol. The molecule has 3 nitrogen and oxygen atoms in total. The largest absolute Gasteiger partial charge is 0.397 e. The minimum absolute atomic E-state index is 0.120. The van der Waals surface area contributed by atoms with Crippen LogP contribution >= 0.6 is 15.9 Å². The molecule has 0 saturated carbocycles. The first kappa shape index (κ1) is 13.3. The van der Waals surface area contributed by atoms with Crippen molar-refractivity contribution in [2.24, 2.45) is 0 Å². The van der Waals surface area contributed by atoms with Crippen molar-refractivity contribution in [3.63, 3.8) is 0 Å². The average Bonchev–Trinajstić information content (AvgIpc) is 2.26. The Morgan fingerprint density at radius 1 is 1.50 bits per heavy atom. The monoisotopic (exact) mass is 290 g/mol. The fraction of sp³-hybridized carbons (Fsp3) is 0.455. The Bertz CT molecular complexity index is 360. The number of rotatable bonds is 5. The van der Waals surface area contributed by atoms with Crippen LogP contribution in [0.4, 0.5) is 15.8 Å². The summed E-state index contributed by atoms with van der Waals surface area (Å²) in [5.74, 6) is -0.327. The highest BCUT2D eigenvalue weighted by Crippen LogP contribution is 2.29. The molecule has 0 atom stereocenters. The van der Waals surface area contributed by atoms with Crippen LogP contribution in [0.15, 0.2) is 16.6 Å². The second-order valence-corrected chi connectivity index (χ2v) is 4.34. The van der Waals surface area contributed by atoms with Crippen LogP contribution in [0.2, 0.25) is 0 Å². The maximum Gasteiger partial charge on any atom is 0.139 e. The molecule has 1 rings (SSSR count). The molecule has 0 bridgehead atoms. The second-order valence-electron chi connectivity index (χ2n) is 3.48. The molecule has 0 aliphatic rings. The van der Waals surface area contributed by atoms with Crippen LogP contribution in [-0.4, -0.2) is 24.8 Å². The van der Waals surface area contributed by atoms with E-state index in [0.717, 1.165) is 6.54 Å². The first-order valence-electron chi connectivity index (χ1n) is 5.20. The molecule has 0 amide bonds. The summed E-state index contributed by atoms with van der Waals surface area (Å²) in [5.41, 5.74) is 7.05. The Labute approximate surface area is 103 Å². The van der Waals surface area contributed by atoms with E-state index in [1.165, 1.54) is 6.07 Å². The highest BCUT2D eigenvalue weighted by atomic mass is 79.9. The molecule has 1 aromatic rings. The smallest absolute Gasteiger partial charge is 0.139 e. The van der Waals surface area contributed by atoms with Gasteiger partial charge in [0.1, 0.15) is 5.82 Å². The van der Waals surface area contributed by atoms with E-state index in [1.807, 2.05) is 11.8 Å². The van der Waals surface area contributed by atoms with Gasteiger partial charge in [-0.1, -0.05) is 0 Å². The van der Waals surface area contributed by atoms with Crippen molar-refractivity contribution in [1.82, 2.24) is 0 Å². The number of aliphatic hydroxyl groups excluding tert-OH is 1. The van der Waals surface area contributed by atoms with Gasteiger partial charge in [-0.05, 0) is 35.3 Å². The van der Waals surface area contributed by atoms with Gasteiger partial charge in [0.2, 0.25) is 0 Å². The first-order chi connectivity index (χ1) is 7.60. The van der Waals surface area contributed by atoms with Crippen LogP contribution in [0.5, 0.6) is 0 Å². The van der Waals surface area contributed by atoms with Gasteiger partial charge in [0.25, 0.3) is 0 Å². The van der Waals surface area contributed by atoms with Crippen molar-refractivity contribution >= 4 is 27.3 Å². The van der Waals surface area contributed by atoms with E-state index in [-0.39, 0.29) is 12.4 Å². The quantitative estimate of drug-likeness (QED) is 0.819. The number of hydrogen-bond acceptors (Lipinski definition) is 3. The second kappa shape index (κ2) is 6.06. The molecule has 3 N–H and O–H groups in total. The number of nitrogens with two attached hydrogens (primary N) is 1. The van der Waals surface area contributed by atoms with Gasteiger partial charge < -0.3 is 15.7 Å². The molecule has 0 aliphatic heterocycles. The molecule has 1 aromatic carbocycles. The Morgan fingerprint density at radius 3 is 2.75 bits per heavy atom. The highest BCUT2D eigenvalue weighted by molar-refractivity contribution is 9.10. The van der Waals surface area contributed by atoms with E-state index >= 15 is 0 Å². The van der Waals surface area contributed by atoms with Crippen molar-refractivity contribution in [1.29, 1.82) is 0 Å². The zero-order chi connectivity index (χ0) is 12.1. The standard InChI is InChI=1S/C11H16BrFN2O/c1-2-15(4-3-5-16)11-7-9(13)8(12)6-10(11)14/h6-7,16H,2-5,14H2,1H3. The third kappa shape index (κ3) is 3.09. The van der Waals surface area contributed by atoms with Gasteiger partial charge in [0, 0.05) is 25.8 Å². The lowest BCUT2D eigenvalue weighted by Gasteiger charge is -2.24. The van der Waals surface area contributed by atoms with Crippen LogP contribution in [0, 0.1) is 5.82 Å². The van der Waals surface area contributed by atoms with E-state index in [2.05, 4.69) is 15.9 Å². The van der Waals surface area contributed by atoms with Gasteiger partial charge in [-0.25, -0.2) is 4.39 Å². The molecule has 0 heterocycles. The van der Waals surface area contributed by atoms with Crippen molar-refractivity contribution in [2.45, 2.75) is 13.3 Å². The van der Waals surface area contributed by atoms with Crippen LogP contribution < -0.4 is 10.6 Å². The number of hydrogen-bond donors (Lipinski definition) is 2. The van der Waals surface area contributed by atoms with Crippen LogP contribution in [0.25, 0.3) is 0 Å². The predicted molar refractivity (Wildman–Crippen MR) is 68.1 cm³/mol. The number of anilines is 2. The molecule has 16 heavy (non-hydrogen) atoms. The third-order valence-electron chi connectivity index (χ3n) is 2.38. The third-order valence-corrected chi connectivity index (χ3v) is 2.99. The van der Waals surface area contributed by atoms with Gasteiger partial charge in [0.05, 0.1) is 15.8 Å². The molecule has 0 unspecified atom stereocenters. The summed E-state index contributed by atoms with van der Waals surface area (Å²) in [6, 6.07) is 2.98. The molecule has 90 valence electrons. The normalized spacial score (nSPS) is 10.5. The maximum absolute atomic E-state index is 13.4. The SMILES string of the molecule is CCN(CCCO)c1cc(F)c(Br)cc1N. The van der Waals surface area contributed by atoms with Crippen molar-refractivity contribution in [3.8, 4) is 0 Å². The van der Waals surface area contributed by atoms with Gasteiger partial charge in [0.15, 0.2) is 0 Å². The van der Waals surface area contributed by atoms with E-state index < -0.39 is 0 Å². The number of nitrogen functional groups attached to an aromatic ring is 1. The summed E-state index contributed by atoms with van der Waals surface area (Å²) in [6.07, 6.45) is 0.644. The van der Waals surface area contributed by atoms with E-state index in [0.29, 0.717) is 28.8 Å². The summed E-state index contributed by atoms with van der Waals surface area (Å²) in [7, 11) is 0. The zero-order valence-electron chi connectivity index (χ0n) is 9.21. The summed E-state index contributed by atoms with van der Waals surface area (Å²) < 4.78 is 13.8. The lowest BCUT2D eigenvalue weighted by atomic mass is 10.2. The summed E-state index contributed by atoms with van der Waals surface area (Å²) in [5, 5.41) is 8.79. The van der Waals surface area contributed by atoms with Crippen molar-refractivity contribution < 1.29 is 9.50 Å². The Balaban J connectivity index is 2.95. The molecular formula is C11H16BrFN2O. The minimum atomic E-state index is -0.327. The van der Waals surface area contributed by atoms with Gasteiger partial charge in [-0.2, -0.15) is 0 Å². The molecule has 0 fully saturated rings. The Morgan fingerprint density at radius 2 is 2.19 bits per heavy atom. The zero-order valence-corrected chi connectivity index (χ0v) is 10.8. The highest BCUT2D eigenvalue weighted by Gasteiger charge is 2.11. The molecule has 0 aliphatic carbocycles. The molecule has 0 saturated heterocycles. The van der Waals surface area contributed by atoms with Gasteiger partial charge >= 0.3 is 0 Å². The number of halogens is 2. The molecule has 0 aromatic heterocycles. The molecule has 0 spiro atoms. The summed E-state index contributed by atoms with van der Waals surface area (Å²) >= 11 is 3.09. The van der Waals surface area contributed by atoms with Crippen molar-refractivity contribution in [2.75, 3.05) is 30.3 Å². The van der Waals surface area contributed by atoms with Crippen LogP contribution in [0.1, 0.15) is 13.3 Å². The van der Waals surface area contributed by atoms with Crippen molar-refractivity contribution in [3.05, 3.63) is 22.4 Å². The molecule has 0 radical (unpaired) electrons. The van der Waals surface area contributed by atoms with Gasteiger partial charge in [-0.15, -0.1) is 0 Å². The maximum atomic E-state index is 13.4. The molecule has 5 heteroatoms. The van der Waals surface area contributed by atoms with Crippen LogP contribution in [0.3, 0.4) is 0 Å². The fourth-order valence-electron chi connectivity index (χ4n) is 1.54. The topological polar surface area (TPSA) is 49.5 Å². The molecular weight excluding hydrogens is 275 g/mol. The summed E-state index contributed by atoms with van der Waals surface area (Å²) in [6.45, 7) is 3.48. The predicted octanol–water partition coefficient (Wildman–Crippen LogP) is 2.38. The Hall–Kier alpha value is -0.810. The van der Waals surface area contributed by atoms with E-state index in [4.69, 9.17) is 10.8 Å². The number of aliphatic hydroxyl groups is 1. The summed E-state index contributed by atoms with van der Waals surface area (Å²) in [4.78, 5) is 1.95. The fourth-order valence-corrected chi connectivity index (χ4v) is 1.90. The lowest BCUT2D eigenvalue weighted by molar-refractivity contribution is 0.289. The van der Waals surface area contributed by atoms with E-state index in [1.54, 1.807) is 6.07 Å². The number of nitrogens with zero attached hydrogens (tertiary/aromatic N) is 1.